The van der Waals surface area contributed by atoms with Crippen molar-refractivity contribution in [3.63, 3.8) is 0 Å². The van der Waals surface area contributed by atoms with E-state index in [0.29, 0.717) is 6.61 Å². The maximum atomic E-state index is 12.0. The predicted octanol–water partition coefficient (Wildman–Crippen LogP) is -0.0640. The maximum Gasteiger partial charge on any atom is 0.325 e. The molecule has 0 radical (unpaired) electrons. The first-order chi connectivity index (χ1) is 8.10. The van der Waals surface area contributed by atoms with Crippen molar-refractivity contribution < 1.29 is 19.1 Å². The Labute approximate surface area is 113 Å². The van der Waals surface area contributed by atoms with E-state index in [1.165, 1.54) is 12.0 Å². The molecule has 7 heteroatoms. The standard InChI is InChI=1S/C11H20N2O4.ClH/c1-3-17-10(14)6-13(8-4-5-8)11(15)9(12)7-16-2;/h8-9H,3-7,12H2,1-2H3;1H. The van der Waals surface area contributed by atoms with Crippen molar-refractivity contribution in [1.82, 2.24) is 4.90 Å². The minimum absolute atomic E-state index is 0. The molecule has 0 aromatic heterocycles. The quantitative estimate of drug-likeness (QED) is 0.661. The molecule has 106 valence electrons. The Morgan fingerprint density at radius 3 is 2.50 bits per heavy atom. The first-order valence-corrected chi connectivity index (χ1v) is 5.80. The number of amides is 1. The number of methoxy groups -OCH3 is 1. The Hall–Kier alpha value is -0.850. The third-order valence-corrected chi connectivity index (χ3v) is 2.54. The van der Waals surface area contributed by atoms with Crippen LogP contribution in [0.15, 0.2) is 0 Å². The van der Waals surface area contributed by atoms with Crippen molar-refractivity contribution in [1.29, 1.82) is 0 Å². The first kappa shape index (κ1) is 17.2. The molecule has 0 heterocycles. The molecule has 0 saturated heterocycles. The molecule has 1 rings (SSSR count). The van der Waals surface area contributed by atoms with Gasteiger partial charge in [0.25, 0.3) is 0 Å². The number of carbonyl (C=O) groups is 2. The lowest BCUT2D eigenvalue weighted by Crippen LogP contribution is -2.49. The summed E-state index contributed by atoms with van der Waals surface area (Å²) in [6.07, 6.45) is 1.84. The Balaban J connectivity index is 0.00000289. The van der Waals surface area contributed by atoms with Crippen LogP contribution in [0.2, 0.25) is 0 Å². The molecule has 1 aliphatic rings. The average Bonchev–Trinajstić information content (AvgIpc) is 3.09. The summed E-state index contributed by atoms with van der Waals surface area (Å²) in [6, 6.07) is -0.579. The normalized spacial score (nSPS) is 15.5. The third kappa shape index (κ3) is 5.20. The van der Waals surface area contributed by atoms with Crippen molar-refractivity contribution >= 4 is 24.3 Å². The molecule has 1 unspecified atom stereocenters. The first-order valence-electron chi connectivity index (χ1n) is 5.80. The Morgan fingerprint density at radius 1 is 1.44 bits per heavy atom. The zero-order valence-electron chi connectivity index (χ0n) is 10.8. The number of rotatable bonds is 7. The van der Waals surface area contributed by atoms with E-state index >= 15 is 0 Å². The van der Waals surface area contributed by atoms with E-state index in [4.69, 9.17) is 15.2 Å². The zero-order valence-corrected chi connectivity index (χ0v) is 11.6. The van der Waals surface area contributed by atoms with Crippen molar-refractivity contribution in [2.75, 3.05) is 26.9 Å². The lowest BCUT2D eigenvalue weighted by Gasteiger charge is -2.24. The minimum atomic E-state index is -0.713. The molecule has 6 nitrogen and oxygen atoms in total. The third-order valence-electron chi connectivity index (χ3n) is 2.54. The largest absolute Gasteiger partial charge is 0.465 e. The highest BCUT2D eigenvalue weighted by atomic mass is 35.5. The fraction of sp³-hybridized carbons (Fsp3) is 0.818. The number of nitrogens with zero attached hydrogens (tertiary/aromatic N) is 1. The highest BCUT2D eigenvalue weighted by molar-refractivity contribution is 5.86. The van der Waals surface area contributed by atoms with Gasteiger partial charge in [-0.2, -0.15) is 0 Å². The van der Waals surface area contributed by atoms with Gasteiger partial charge in [-0.15, -0.1) is 12.4 Å². The summed E-state index contributed by atoms with van der Waals surface area (Å²) in [5.74, 6) is -0.639. The van der Waals surface area contributed by atoms with E-state index in [0.717, 1.165) is 12.8 Å². The second-order valence-corrected chi connectivity index (χ2v) is 4.06. The molecule has 1 aliphatic carbocycles. The number of esters is 1. The summed E-state index contributed by atoms with van der Waals surface area (Å²) >= 11 is 0. The van der Waals surface area contributed by atoms with Gasteiger partial charge in [-0.1, -0.05) is 0 Å². The molecular formula is C11H21ClN2O4. The van der Waals surface area contributed by atoms with E-state index < -0.39 is 12.0 Å². The molecule has 0 aromatic carbocycles. The fourth-order valence-electron chi connectivity index (χ4n) is 1.58. The Kier molecular flexibility index (Phi) is 7.90. The molecule has 0 aromatic rings. The van der Waals surface area contributed by atoms with E-state index in [1.807, 2.05) is 0 Å². The second kappa shape index (κ2) is 8.29. The summed E-state index contributed by atoms with van der Waals surface area (Å²) in [5.41, 5.74) is 5.68. The summed E-state index contributed by atoms with van der Waals surface area (Å²) < 4.78 is 9.67. The van der Waals surface area contributed by atoms with Crippen LogP contribution >= 0.6 is 12.4 Å². The highest BCUT2D eigenvalue weighted by Gasteiger charge is 2.36. The summed E-state index contributed by atoms with van der Waals surface area (Å²) in [7, 11) is 1.49. The van der Waals surface area contributed by atoms with Gasteiger partial charge in [0, 0.05) is 13.2 Å². The fourth-order valence-corrected chi connectivity index (χ4v) is 1.58. The molecule has 0 aliphatic heterocycles. The lowest BCUT2D eigenvalue weighted by atomic mass is 10.2. The summed E-state index contributed by atoms with van der Waals surface area (Å²) in [5, 5.41) is 0. The van der Waals surface area contributed by atoms with Crippen LogP contribution < -0.4 is 5.73 Å². The van der Waals surface area contributed by atoms with Crippen LogP contribution in [0.25, 0.3) is 0 Å². The van der Waals surface area contributed by atoms with Crippen LogP contribution in [-0.2, 0) is 19.1 Å². The molecule has 1 amide bonds. The smallest absolute Gasteiger partial charge is 0.325 e. The number of ether oxygens (including phenoxy) is 2. The number of nitrogens with two attached hydrogens (primary N) is 1. The Bertz CT molecular complexity index is 284. The average molecular weight is 281 g/mol. The van der Waals surface area contributed by atoms with Crippen LogP contribution in [0.5, 0.6) is 0 Å². The van der Waals surface area contributed by atoms with Gasteiger partial charge in [0.05, 0.1) is 13.2 Å². The van der Waals surface area contributed by atoms with E-state index in [2.05, 4.69) is 0 Å². The maximum absolute atomic E-state index is 12.0. The van der Waals surface area contributed by atoms with E-state index in [9.17, 15) is 9.59 Å². The van der Waals surface area contributed by atoms with Crippen LogP contribution in [0, 0.1) is 0 Å². The van der Waals surface area contributed by atoms with Crippen LogP contribution in [-0.4, -0.2) is 55.7 Å². The van der Waals surface area contributed by atoms with Crippen molar-refractivity contribution in [3.8, 4) is 0 Å². The second-order valence-electron chi connectivity index (χ2n) is 4.06. The number of halogens is 1. The SMILES string of the molecule is CCOC(=O)CN(C(=O)C(N)COC)C1CC1.Cl. The molecule has 18 heavy (non-hydrogen) atoms. The van der Waals surface area contributed by atoms with Gasteiger partial charge in [-0.05, 0) is 19.8 Å². The molecule has 1 fully saturated rings. The van der Waals surface area contributed by atoms with Crippen LogP contribution in [0.4, 0.5) is 0 Å². The van der Waals surface area contributed by atoms with E-state index in [-0.39, 0.29) is 37.5 Å². The van der Waals surface area contributed by atoms with Crippen LogP contribution in [0.3, 0.4) is 0 Å². The molecule has 0 bridgehead atoms. The van der Waals surface area contributed by atoms with E-state index in [1.54, 1.807) is 6.92 Å². The van der Waals surface area contributed by atoms with Crippen molar-refractivity contribution in [2.45, 2.75) is 31.8 Å². The van der Waals surface area contributed by atoms with Crippen molar-refractivity contribution in [3.05, 3.63) is 0 Å². The molecular weight excluding hydrogens is 260 g/mol. The monoisotopic (exact) mass is 280 g/mol. The van der Waals surface area contributed by atoms with Gasteiger partial charge in [-0.3, -0.25) is 9.59 Å². The minimum Gasteiger partial charge on any atom is -0.465 e. The van der Waals surface area contributed by atoms with Gasteiger partial charge in [0.2, 0.25) is 5.91 Å². The van der Waals surface area contributed by atoms with Gasteiger partial charge in [0.1, 0.15) is 12.6 Å². The predicted molar refractivity (Wildman–Crippen MR) is 68.5 cm³/mol. The topological polar surface area (TPSA) is 81.9 Å². The summed E-state index contributed by atoms with van der Waals surface area (Å²) in [4.78, 5) is 24.9. The molecule has 1 saturated carbocycles. The highest BCUT2D eigenvalue weighted by Crippen LogP contribution is 2.27. The van der Waals surface area contributed by atoms with Gasteiger partial charge >= 0.3 is 5.97 Å². The van der Waals surface area contributed by atoms with Crippen molar-refractivity contribution in [2.24, 2.45) is 5.73 Å². The molecule has 1 atom stereocenters. The van der Waals surface area contributed by atoms with Crippen LogP contribution in [0.1, 0.15) is 19.8 Å². The molecule has 0 spiro atoms. The number of carbonyl (C=O) groups excluding carboxylic acids is 2. The summed E-state index contributed by atoms with van der Waals surface area (Å²) in [6.45, 7) is 2.19. The lowest BCUT2D eigenvalue weighted by molar-refractivity contribution is -0.150. The zero-order chi connectivity index (χ0) is 12.8. The Morgan fingerprint density at radius 2 is 2.06 bits per heavy atom. The van der Waals surface area contributed by atoms with Gasteiger partial charge in [0.15, 0.2) is 0 Å². The number of hydrogen-bond donors (Lipinski definition) is 1. The van der Waals surface area contributed by atoms with Gasteiger partial charge in [-0.25, -0.2) is 0 Å². The number of hydrogen-bond acceptors (Lipinski definition) is 5. The molecule has 2 N–H and O–H groups in total. The van der Waals surface area contributed by atoms with Gasteiger partial charge < -0.3 is 20.1 Å².